The van der Waals surface area contributed by atoms with Crippen molar-refractivity contribution >= 4 is 33.2 Å². The number of rotatable bonds is 6. The summed E-state index contributed by atoms with van der Waals surface area (Å²) in [6, 6.07) is 3.52. The van der Waals surface area contributed by atoms with Gasteiger partial charge >= 0.3 is 5.97 Å². The number of carbonyl (C=O) groups is 2. The Bertz CT molecular complexity index is 689. The van der Waals surface area contributed by atoms with Gasteiger partial charge in [0, 0.05) is 19.1 Å². The molecule has 0 bridgehead atoms. The van der Waals surface area contributed by atoms with Gasteiger partial charge in [0.1, 0.15) is 4.21 Å². The number of thiophene rings is 1. The standard InChI is InChI=1S/C15H20N2O5S2/c18-13(16-12-3-4-12)10-22-15(19)11-5-7-17(8-6-11)24(20,21)14-2-1-9-23-14/h1-2,9,11-12H,3-8,10H2,(H,16,18). The fourth-order valence-corrected chi connectivity index (χ4v) is 5.24. The monoisotopic (exact) mass is 372 g/mol. The van der Waals surface area contributed by atoms with Crippen LogP contribution in [0.15, 0.2) is 21.7 Å². The van der Waals surface area contributed by atoms with Crippen LogP contribution in [0, 0.1) is 5.92 Å². The largest absolute Gasteiger partial charge is 0.455 e. The number of piperidine rings is 1. The molecule has 0 aromatic carbocycles. The third kappa shape index (κ3) is 4.14. The lowest BCUT2D eigenvalue weighted by atomic mass is 9.98. The average Bonchev–Trinajstić information content (AvgIpc) is 3.20. The highest BCUT2D eigenvalue weighted by Gasteiger charge is 2.33. The van der Waals surface area contributed by atoms with Gasteiger partial charge in [0.2, 0.25) is 0 Å². The molecule has 9 heteroatoms. The summed E-state index contributed by atoms with van der Waals surface area (Å²) in [6.45, 7) is 0.311. The lowest BCUT2D eigenvalue weighted by Crippen LogP contribution is -2.41. The van der Waals surface area contributed by atoms with E-state index in [4.69, 9.17) is 4.74 Å². The van der Waals surface area contributed by atoms with Gasteiger partial charge < -0.3 is 10.1 Å². The quantitative estimate of drug-likeness (QED) is 0.751. The smallest absolute Gasteiger partial charge is 0.309 e. The van der Waals surface area contributed by atoms with Crippen molar-refractivity contribution in [3.8, 4) is 0 Å². The maximum absolute atomic E-state index is 12.4. The first-order chi connectivity index (χ1) is 11.5. The molecule has 132 valence electrons. The highest BCUT2D eigenvalue weighted by atomic mass is 32.2. The third-order valence-electron chi connectivity index (χ3n) is 4.16. The summed E-state index contributed by atoms with van der Waals surface area (Å²) in [5.74, 6) is -1.05. The van der Waals surface area contributed by atoms with Crippen molar-refractivity contribution in [2.24, 2.45) is 5.92 Å². The Labute approximate surface area is 145 Å². The maximum atomic E-state index is 12.4. The molecule has 1 amide bonds. The predicted octanol–water partition coefficient (Wildman–Crippen LogP) is 0.971. The zero-order valence-electron chi connectivity index (χ0n) is 13.1. The van der Waals surface area contributed by atoms with Crippen molar-refractivity contribution < 1.29 is 22.7 Å². The van der Waals surface area contributed by atoms with E-state index in [2.05, 4.69) is 5.32 Å². The Morgan fingerprint density at radius 1 is 1.25 bits per heavy atom. The Kier molecular flexibility index (Phi) is 5.21. The van der Waals surface area contributed by atoms with Gasteiger partial charge in [-0.1, -0.05) is 6.07 Å². The number of hydrogen-bond acceptors (Lipinski definition) is 6. The molecule has 1 aliphatic carbocycles. The van der Waals surface area contributed by atoms with Gasteiger partial charge in [-0.05, 0) is 37.1 Å². The molecule has 1 aliphatic heterocycles. The molecule has 1 aromatic rings. The summed E-state index contributed by atoms with van der Waals surface area (Å²) in [5.41, 5.74) is 0. The third-order valence-corrected chi connectivity index (χ3v) is 7.44. The maximum Gasteiger partial charge on any atom is 0.309 e. The van der Waals surface area contributed by atoms with Crippen LogP contribution in [0.5, 0.6) is 0 Å². The minimum atomic E-state index is -3.46. The number of carbonyl (C=O) groups excluding carboxylic acids is 2. The number of amides is 1. The molecule has 1 aromatic heterocycles. The van der Waals surface area contributed by atoms with E-state index in [9.17, 15) is 18.0 Å². The highest BCUT2D eigenvalue weighted by Crippen LogP contribution is 2.26. The van der Waals surface area contributed by atoms with E-state index >= 15 is 0 Å². The van der Waals surface area contributed by atoms with Crippen molar-refractivity contribution in [2.75, 3.05) is 19.7 Å². The van der Waals surface area contributed by atoms with Crippen LogP contribution in [0.3, 0.4) is 0 Å². The summed E-state index contributed by atoms with van der Waals surface area (Å²) >= 11 is 1.19. The summed E-state index contributed by atoms with van der Waals surface area (Å²) in [6.07, 6.45) is 2.79. The first-order valence-electron chi connectivity index (χ1n) is 7.96. The fraction of sp³-hybridized carbons (Fsp3) is 0.600. The number of sulfonamides is 1. The molecule has 2 heterocycles. The molecule has 3 rings (SSSR count). The van der Waals surface area contributed by atoms with Crippen molar-refractivity contribution in [1.29, 1.82) is 0 Å². The van der Waals surface area contributed by atoms with Gasteiger partial charge in [0.15, 0.2) is 6.61 Å². The first-order valence-corrected chi connectivity index (χ1v) is 10.3. The molecule has 2 fully saturated rings. The van der Waals surface area contributed by atoms with Gasteiger partial charge in [-0.2, -0.15) is 4.31 Å². The number of hydrogen-bond donors (Lipinski definition) is 1. The van der Waals surface area contributed by atoms with Crippen LogP contribution < -0.4 is 5.32 Å². The summed E-state index contributed by atoms with van der Waals surface area (Å²) in [5, 5.41) is 4.48. The topological polar surface area (TPSA) is 92.8 Å². The van der Waals surface area contributed by atoms with E-state index in [0.717, 1.165) is 12.8 Å². The van der Waals surface area contributed by atoms with Crippen molar-refractivity contribution in [3.63, 3.8) is 0 Å². The van der Waals surface area contributed by atoms with E-state index in [-0.39, 0.29) is 37.6 Å². The summed E-state index contributed by atoms with van der Waals surface area (Å²) in [4.78, 5) is 23.5. The zero-order chi connectivity index (χ0) is 17.2. The molecule has 2 aliphatic rings. The van der Waals surface area contributed by atoms with Crippen molar-refractivity contribution in [3.05, 3.63) is 17.5 Å². The van der Waals surface area contributed by atoms with Gasteiger partial charge in [0.05, 0.1) is 5.92 Å². The molecular formula is C15H20N2O5S2. The molecule has 7 nitrogen and oxygen atoms in total. The Morgan fingerprint density at radius 2 is 1.96 bits per heavy atom. The van der Waals surface area contributed by atoms with Crippen LogP contribution in [0.2, 0.25) is 0 Å². The summed E-state index contributed by atoms with van der Waals surface area (Å²) in [7, 11) is -3.46. The first kappa shape index (κ1) is 17.4. The minimum Gasteiger partial charge on any atom is -0.455 e. The van der Waals surface area contributed by atoms with E-state index in [1.807, 2.05) is 0 Å². The van der Waals surface area contributed by atoms with Crippen molar-refractivity contribution in [1.82, 2.24) is 9.62 Å². The highest BCUT2D eigenvalue weighted by molar-refractivity contribution is 7.91. The van der Waals surface area contributed by atoms with E-state index in [1.54, 1.807) is 17.5 Å². The molecule has 24 heavy (non-hydrogen) atoms. The Balaban J connectivity index is 1.46. The van der Waals surface area contributed by atoms with Crippen molar-refractivity contribution in [2.45, 2.75) is 35.9 Å². The number of esters is 1. The molecule has 1 N–H and O–H groups in total. The van der Waals surface area contributed by atoms with Crippen LogP contribution in [0.1, 0.15) is 25.7 Å². The molecule has 1 saturated carbocycles. The van der Waals surface area contributed by atoms with Crippen LogP contribution in [-0.4, -0.2) is 50.3 Å². The second-order valence-electron chi connectivity index (χ2n) is 6.06. The molecular weight excluding hydrogens is 352 g/mol. The number of nitrogens with zero attached hydrogens (tertiary/aromatic N) is 1. The normalized spacial score (nSPS) is 19.8. The van der Waals surface area contributed by atoms with Gasteiger partial charge in [0.25, 0.3) is 15.9 Å². The Morgan fingerprint density at radius 3 is 2.54 bits per heavy atom. The number of nitrogens with one attached hydrogen (secondary N) is 1. The van der Waals surface area contributed by atoms with Crippen LogP contribution in [0.4, 0.5) is 0 Å². The second kappa shape index (κ2) is 7.20. The predicted molar refractivity (Wildman–Crippen MR) is 87.9 cm³/mol. The van der Waals surface area contributed by atoms with E-state index in [1.165, 1.54) is 15.6 Å². The van der Waals surface area contributed by atoms with E-state index in [0.29, 0.717) is 17.1 Å². The molecule has 0 unspecified atom stereocenters. The fourth-order valence-electron chi connectivity index (χ4n) is 2.62. The molecule has 1 saturated heterocycles. The number of ether oxygens (including phenoxy) is 1. The van der Waals surface area contributed by atoms with Crippen LogP contribution >= 0.6 is 11.3 Å². The van der Waals surface area contributed by atoms with Gasteiger partial charge in [-0.15, -0.1) is 11.3 Å². The lowest BCUT2D eigenvalue weighted by molar-refractivity contribution is -0.153. The lowest BCUT2D eigenvalue weighted by Gasteiger charge is -2.29. The van der Waals surface area contributed by atoms with Gasteiger partial charge in [-0.25, -0.2) is 8.42 Å². The molecule has 0 spiro atoms. The van der Waals surface area contributed by atoms with Gasteiger partial charge in [-0.3, -0.25) is 9.59 Å². The second-order valence-corrected chi connectivity index (χ2v) is 9.17. The Hall–Kier alpha value is -1.45. The van der Waals surface area contributed by atoms with Crippen LogP contribution in [0.25, 0.3) is 0 Å². The molecule has 0 radical (unpaired) electrons. The van der Waals surface area contributed by atoms with E-state index < -0.39 is 16.0 Å². The SMILES string of the molecule is O=C(COC(=O)C1CCN(S(=O)(=O)c2cccs2)CC1)NC1CC1. The summed E-state index contributed by atoms with van der Waals surface area (Å²) < 4.78 is 31.6. The van der Waals surface area contributed by atoms with Crippen LogP contribution in [-0.2, 0) is 24.3 Å². The average molecular weight is 372 g/mol. The molecule has 0 atom stereocenters. The minimum absolute atomic E-state index is 0.238. The zero-order valence-corrected chi connectivity index (χ0v) is 14.8.